The number of carbonyl (C=O) groups excluding carboxylic acids is 1. The van der Waals surface area contributed by atoms with E-state index in [1.807, 2.05) is 81.4 Å². The van der Waals surface area contributed by atoms with Crippen molar-refractivity contribution in [3.8, 4) is 5.75 Å². The van der Waals surface area contributed by atoms with Gasteiger partial charge in [0, 0.05) is 16.4 Å². The molecule has 0 aliphatic rings. The van der Waals surface area contributed by atoms with Crippen LogP contribution in [0.5, 0.6) is 5.75 Å². The lowest BCUT2D eigenvalue weighted by Gasteiger charge is -2.09. The first kappa shape index (κ1) is 20.8. The number of hydrogen-bond acceptors (Lipinski definition) is 3. The molecule has 0 atom stereocenters. The summed E-state index contributed by atoms with van der Waals surface area (Å²) >= 11 is 3.46. The summed E-state index contributed by atoms with van der Waals surface area (Å²) in [6, 6.07) is 19.3. The fourth-order valence-electron chi connectivity index (χ4n) is 2.76. The number of ether oxygens (including phenoxy) is 1. The fraction of sp³-hybridized carbons (Fsp3) is 0.167. The van der Waals surface area contributed by atoms with Crippen molar-refractivity contribution >= 4 is 39.4 Å². The van der Waals surface area contributed by atoms with E-state index in [1.54, 1.807) is 6.21 Å². The molecule has 0 bridgehead atoms. The Kier molecular flexibility index (Phi) is 6.83. The highest BCUT2D eigenvalue weighted by Crippen LogP contribution is 2.23. The molecule has 29 heavy (non-hydrogen) atoms. The van der Waals surface area contributed by atoms with Gasteiger partial charge in [-0.15, -0.1) is 0 Å². The van der Waals surface area contributed by atoms with Crippen LogP contribution in [0, 0.1) is 20.8 Å². The largest absolute Gasteiger partial charge is 0.484 e. The fourth-order valence-corrected chi connectivity index (χ4v) is 3.23. The summed E-state index contributed by atoms with van der Waals surface area (Å²) in [6.45, 7) is 6.02. The first-order valence-electron chi connectivity index (χ1n) is 9.31. The van der Waals surface area contributed by atoms with Gasteiger partial charge in [-0.3, -0.25) is 9.79 Å². The van der Waals surface area contributed by atoms with E-state index in [0.29, 0.717) is 5.75 Å². The molecule has 0 unspecified atom stereocenters. The number of nitrogens with one attached hydrogen (secondary N) is 1. The number of aryl methyl sites for hydroxylation is 3. The molecule has 0 saturated carbocycles. The first-order chi connectivity index (χ1) is 13.9. The van der Waals surface area contributed by atoms with Crippen molar-refractivity contribution in [2.24, 2.45) is 4.99 Å². The van der Waals surface area contributed by atoms with Crippen LogP contribution in [0.15, 0.2) is 70.1 Å². The van der Waals surface area contributed by atoms with Crippen LogP contribution in [0.2, 0.25) is 0 Å². The maximum atomic E-state index is 12.2. The number of nitrogens with zero attached hydrogens (tertiary/aromatic N) is 1. The molecule has 3 aromatic rings. The van der Waals surface area contributed by atoms with Crippen molar-refractivity contribution < 1.29 is 9.53 Å². The Labute approximate surface area is 179 Å². The molecule has 1 N–H and O–H groups in total. The van der Waals surface area contributed by atoms with Crippen LogP contribution in [0.3, 0.4) is 0 Å². The Hall–Kier alpha value is -2.92. The van der Waals surface area contributed by atoms with E-state index >= 15 is 0 Å². The highest BCUT2D eigenvalue weighted by atomic mass is 79.9. The van der Waals surface area contributed by atoms with E-state index in [4.69, 9.17) is 4.74 Å². The minimum absolute atomic E-state index is 0.0562. The predicted molar refractivity (Wildman–Crippen MR) is 123 cm³/mol. The molecular formula is C24H23BrN2O2. The van der Waals surface area contributed by atoms with Gasteiger partial charge < -0.3 is 10.1 Å². The molecule has 0 saturated heterocycles. The summed E-state index contributed by atoms with van der Waals surface area (Å²) in [5.74, 6) is 0.425. The van der Waals surface area contributed by atoms with Gasteiger partial charge in [0.05, 0.1) is 5.69 Å². The second kappa shape index (κ2) is 9.52. The maximum absolute atomic E-state index is 12.2. The van der Waals surface area contributed by atoms with Gasteiger partial charge in [0.2, 0.25) is 0 Å². The lowest BCUT2D eigenvalue weighted by Crippen LogP contribution is -2.20. The number of halogens is 1. The first-order valence-corrected chi connectivity index (χ1v) is 10.1. The van der Waals surface area contributed by atoms with Crippen molar-refractivity contribution in [2.75, 3.05) is 11.9 Å². The maximum Gasteiger partial charge on any atom is 0.262 e. The van der Waals surface area contributed by atoms with Gasteiger partial charge in [0.1, 0.15) is 5.75 Å². The van der Waals surface area contributed by atoms with Crippen LogP contribution in [0.25, 0.3) is 0 Å². The van der Waals surface area contributed by atoms with Gasteiger partial charge in [0.15, 0.2) is 6.61 Å². The van der Waals surface area contributed by atoms with Crippen LogP contribution in [0.1, 0.15) is 22.3 Å². The zero-order chi connectivity index (χ0) is 20.8. The third kappa shape index (κ3) is 6.03. The van der Waals surface area contributed by atoms with Crippen LogP contribution in [-0.2, 0) is 4.79 Å². The minimum atomic E-state index is -0.196. The Bertz CT molecular complexity index is 1060. The van der Waals surface area contributed by atoms with Gasteiger partial charge in [-0.1, -0.05) is 34.1 Å². The zero-order valence-corrected chi connectivity index (χ0v) is 18.3. The molecule has 0 fully saturated rings. The summed E-state index contributed by atoms with van der Waals surface area (Å²) in [7, 11) is 0. The van der Waals surface area contributed by atoms with E-state index in [2.05, 4.69) is 26.2 Å². The van der Waals surface area contributed by atoms with Crippen LogP contribution in [0.4, 0.5) is 11.4 Å². The molecule has 0 aliphatic heterocycles. The van der Waals surface area contributed by atoms with Crippen LogP contribution < -0.4 is 10.1 Å². The lowest BCUT2D eigenvalue weighted by molar-refractivity contribution is -0.118. The zero-order valence-electron chi connectivity index (χ0n) is 16.7. The third-order valence-electron chi connectivity index (χ3n) is 4.53. The second-order valence-electron chi connectivity index (χ2n) is 6.90. The summed E-state index contributed by atoms with van der Waals surface area (Å²) in [6.07, 6.45) is 1.79. The van der Waals surface area contributed by atoms with Gasteiger partial charge in [-0.25, -0.2) is 0 Å². The Morgan fingerprint density at radius 2 is 1.83 bits per heavy atom. The normalized spacial score (nSPS) is 10.9. The standard InChI is InChI=1S/C24H23BrN2O2/c1-16-7-9-21(12-17(16)2)27-24(28)15-29-22-6-4-5-19(13-22)14-26-23-10-8-20(25)11-18(23)3/h4-14H,15H2,1-3H3,(H,27,28). The Morgan fingerprint density at radius 3 is 2.59 bits per heavy atom. The highest BCUT2D eigenvalue weighted by molar-refractivity contribution is 9.10. The third-order valence-corrected chi connectivity index (χ3v) is 5.02. The van der Waals surface area contributed by atoms with Gasteiger partial charge in [0.25, 0.3) is 5.91 Å². The summed E-state index contributed by atoms with van der Waals surface area (Å²) < 4.78 is 6.68. The quantitative estimate of drug-likeness (QED) is 0.458. The number of benzene rings is 3. The van der Waals surface area contributed by atoms with E-state index in [0.717, 1.165) is 32.5 Å². The molecule has 0 aromatic heterocycles. The summed E-state index contributed by atoms with van der Waals surface area (Å²) in [5, 5.41) is 2.86. The van der Waals surface area contributed by atoms with E-state index in [1.165, 1.54) is 5.56 Å². The molecule has 0 spiro atoms. The molecule has 5 heteroatoms. The smallest absolute Gasteiger partial charge is 0.262 e. The SMILES string of the molecule is Cc1ccc(NC(=O)COc2cccc(C=Nc3ccc(Br)cc3C)c2)cc1C. The molecule has 0 heterocycles. The monoisotopic (exact) mass is 450 g/mol. The minimum Gasteiger partial charge on any atom is -0.484 e. The number of rotatable bonds is 6. The van der Waals surface area contributed by atoms with Crippen LogP contribution in [-0.4, -0.2) is 18.7 Å². The van der Waals surface area contributed by atoms with Crippen molar-refractivity contribution in [1.29, 1.82) is 0 Å². The number of anilines is 1. The molecular weight excluding hydrogens is 428 g/mol. The summed E-state index contributed by atoms with van der Waals surface area (Å²) in [5.41, 5.74) is 6.00. The number of amides is 1. The van der Waals surface area contributed by atoms with E-state index in [-0.39, 0.29) is 12.5 Å². The van der Waals surface area contributed by atoms with Gasteiger partial charge in [-0.05, 0) is 85.5 Å². The average molecular weight is 451 g/mol. The summed E-state index contributed by atoms with van der Waals surface area (Å²) in [4.78, 5) is 16.7. The average Bonchev–Trinajstić information content (AvgIpc) is 2.69. The van der Waals surface area contributed by atoms with Crippen molar-refractivity contribution in [1.82, 2.24) is 0 Å². The lowest BCUT2D eigenvalue weighted by atomic mass is 10.1. The van der Waals surface area contributed by atoms with E-state index < -0.39 is 0 Å². The molecule has 0 aliphatic carbocycles. The highest BCUT2D eigenvalue weighted by Gasteiger charge is 2.05. The second-order valence-corrected chi connectivity index (χ2v) is 7.81. The van der Waals surface area contributed by atoms with Crippen molar-refractivity contribution in [3.63, 3.8) is 0 Å². The topological polar surface area (TPSA) is 50.7 Å². The molecule has 3 aromatic carbocycles. The Balaban J connectivity index is 1.60. The molecule has 0 radical (unpaired) electrons. The number of aliphatic imine (C=N–C) groups is 1. The number of hydrogen-bond donors (Lipinski definition) is 1. The van der Waals surface area contributed by atoms with Crippen molar-refractivity contribution in [3.05, 3.63) is 87.4 Å². The van der Waals surface area contributed by atoms with Gasteiger partial charge in [-0.2, -0.15) is 0 Å². The van der Waals surface area contributed by atoms with Gasteiger partial charge >= 0.3 is 0 Å². The molecule has 4 nitrogen and oxygen atoms in total. The predicted octanol–water partition coefficient (Wildman–Crippen LogP) is 6.14. The van der Waals surface area contributed by atoms with Crippen molar-refractivity contribution in [2.45, 2.75) is 20.8 Å². The van der Waals surface area contributed by atoms with E-state index in [9.17, 15) is 4.79 Å². The number of carbonyl (C=O) groups is 1. The molecule has 1 amide bonds. The van der Waals surface area contributed by atoms with Crippen LogP contribution >= 0.6 is 15.9 Å². The molecule has 3 rings (SSSR count). The Morgan fingerprint density at radius 1 is 1.00 bits per heavy atom. The molecule has 148 valence electrons.